The highest BCUT2D eigenvalue weighted by Crippen LogP contribution is 2.26. The highest BCUT2D eigenvalue weighted by Gasteiger charge is 2.14. The van der Waals surface area contributed by atoms with Crippen LogP contribution in [0.5, 0.6) is 0 Å². The van der Waals surface area contributed by atoms with Gasteiger partial charge in [-0.15, -0.1) is 0 Å². The molecule has 0 N–H and O–H groups in total. The fraction of sp³-hybridized carbons (Fsp3) is 0.692. The molecule has 0 aliphatic rings. The Kier molecular flexibility index (Phi) is 5.77. The number of hydrogen-bond acceptors (Lipinski definition) is 0. The van der Waals surface area contributed by atoms with Gasteiger partial charge in [-0.05, 0) is 31.1 Å². The second-order valence-electron chi connectivity index (χ2n) is 4.84. The topological polar surface area (TPSA) is 0 Å². The molecule has 0 aliphatic heterocycles. The molecule has 1 atom stereocenters. The molecule has 0 rings (SSSR count). The summed E-state index contributed by atoms with van der Waals surface area (Å²) in [5, 5.41) is 0. The smallest absolute Gasteiger partial charge is 0.0228 e. The predicted octanol–water partition coefficient (Wildman–Crippen LogP) is 4.58. The van der Waals surface area contributed by atoms with Crippen molar-refractivity contribution in [2.45, 2.75) is 47.5 Å². The van der Waals surface area contributed by atoms with E-state index in [1.165, 1.54) is 12.8 Å². The molecule has 0 aromatic heterocycles. The summed E-state index contributed by atoms with van der Waals surface area (Å²) >= 11 is 0. The molecule has 0 nitrogen and oxygen atoms in total. The highest BCUT2D eigenvalue weighted by atomic mass is 14.2. The fourth-order valence-corrected chi connectivity index (χ4v) is 1.47. The van der Waals surface area contributed by atoms with Crippen LogP contribution in [0, 0.1) is 11.3 Å². The molecule has 0 fully saturated rings. The summed E-state index contributed by atoms with van der Waals surface area (Å²) in [5.74, 6) is 0.733. The van der Waals surface area contributed by atoms with E-state index in [2.05, 4.69) is 58.9 Å². The van der Waals surface area contributed by atoms with Crippen LogP contribution in [0.25, 0.3) is 0 Å². The lowest BCUT2D eigenvalue weighted by molar-refractivity contribution is 0.321. The van der Waals surface area contributed by atoms with Crippen LogP contribution in [0.2, 0.25) is 0 Å². The van der Waals surface area contributed by atoms with Crippen LogP contribution in [0.3, 0.4) is 0 Å². The zero-order chi connectivity index (χ0) is 10.3. The van der Waals surface area contributed by atoms with Gasteiger partial charge in [-0.1, -0.05) is 52.0 Å². The third-order valence-corrected chi connectivity index (χ3v) is 2.09. The van der Waals surface area contributed by atoms with Crippen LogP contribution in [0.1, 0.15) is 47.5 Å². The largest absolute Gasteiger partial charge is 0.0877 e. The van der Waals surface area contributed by atoms with E-state index in [4.69, 9.17) is 0 Å². The van der Waals surface area contributed by atoms with Gasteiger partial charge >= 0.3 is 0 Å². The first-order chi connectivity index (χ1) is 5.99. The maximum Gasteiger partial charge on any atom is -0.0228 e. The van der Waals surface area contributed by atoms with Crippen molar-refractivity contribution >= 4 is 0 Å². The summed E-state index contributed by atoms with van der Waals surface area (Å²) in [6.45, 7) is 11.2. The van der Waals surface area contributed by atoms with E-state index in [0.29, 0.717) is 5.41 Å². The Hall–Kier alpha value is -0.520. The molecule has 0 heteroatoms. The van der Waals surface area contributed by atoms with Crippen molar-refractivity contribution in [1.29, 1.82) is 0 Å². The van der Waals surface area contributed by atoms with Crippen LogP contribution in [-0.4, -0.2) is 0 Å². The molecule has 76 valence electrons. The van der Waals surface area contributed by atoms with Crippen LogP contribution >= 0.6 is 0 Å². The molecular formula is C13H24. The minimum atomic E-state index is 0.445. The Morgan fingerprint density at radius 2 is 1.77 bits per heavy atom. The first kappa shape index (κ1) is 12.5. The summed E-state index contributed by atoms with van der Waals surface area (Å²) in [6, 6.07) is 0. The standard InChI is InChI=1S/C13H24/c1-6-8-9-10-12(7-2)11-13(3,4)5/h6,8-10,12H,7,11H2,1-5H3. The molecule has 0 amide bonds. The average Bonchev–Trinajstić information content (AvgIpc) is 2.01. The first-order valence-corrected chi connectivity index (χ1v) is 5.29. The predicted molar refractivity (Wildman–Crippen MR) is 61.8 cm³/mol. The molecule has 0 aliphatic carbocycles. The van der Waals surface area contributed by atoms with Gasteiger partial charge in [0.2, 0.25) is 0 Å². The van der Waals surface area contributed by atoms with Crippen LogP contribution < -0.4 is 0 Å². The molecule has 0 aromatic carbocycles. The molecule has 0 bridgehead atoms. The lowest BCUT2D eigenvalue weighted by Crippen LogP contribution is -2.10. The van der Waals surface area contributed by atoms with Gasteiger partial charge in [0.1, 0.15) is 0 Å². The van der Waals surface area contributed by atoms with E-state index in [0.717, 1.165) is 5.92 Å². The molecule has 0 radical (unpaired) electrons. The summed E-state index contributed by atoms with van der Waals surface area (Å²) in [5.41, 5.74) is 0.445. The van der Waals surface area contributed by atoms with E-state index in [9.17, 15) is 0 Å². The van der Waals surface area contributed by atoms with Crippen molar-refractivity contribution < 1.29 is 0 Å². The summed E-state index contributed by atoms with van der Waals surface area (Å²) < 4.78 is 0. The maximum absolute atomic E-state index is 2.32. The van der Waals surface area contributed by atoms with E-state index < -0.39 is 0 Å². The van der Waals surface area contributed by atoms with E-state index in [1.54, 1.807) is 0 Å². The Morgan fingerprint density at radius 1 is 1.15 bits per heavy atom. The number of rotatable bonds is 4. The van der Waals surface area contributed by atoms with Gasteiger partial charge in [0.05, 0.1) is 0 Å². The van der Waals surface area contributed by atoms with Crippen molar-refractivity contribution in [2.24, 2.45) is 11.3 Å². The normalized spacial score (nSPS) is 15.8. The lowest BCUT2D eigenvalue weighted by atomic mass is 9.83. The zero-order valence-electron chi connectivity index (χ0n) is 9.80. The van der Waals surface area contributed by atoms with Crippen LogP contribution in [-0.2, 0) is 0 Å². The molecule has 13 heavy (non-hydrogen) atoms. The average molecular weight is 180 g/mol. The Labute approximate surface area is 83.7 Å². The molecule has 0 heterocycles. The van der Waals surface area contributed by atoms with Gasteiger partial charge < -0.3 is 0 Å². The van der Waals surface area contributed by atoms with Crippen LogP contribution in [0.15, 0.2) is 24.3 Å². The summed E-state index contributed by atoms with van der Waals surface area (Å²) in [4.78, 5) is 0. The van der Waals surface area contributed by atoms with Gasteiger partial charge in [-0.25, -0.2) is 0 Å². The third kappa shape index (κ3) is 7.83. The molecular weight excluding hydrogens is 156 g/mol. The van der Waals surface area contributed by atoms with E-state index in [1.807, 2.05) is 0 Å². The molecule has 0 saturated carbocycles. The number of allylic oxidation sites excluding steroid dienone is 4. The monoisotopic (exact) mass is 180 g/mol. The van der Waals surface area contributed by atoms with Gasteiger partial charge in [0.15, 0.2) is 0 Å². The van der Waals surface area contributed by atoms with Gasteiger partial charge in [0, 0.05) is 0 Å². The Balaban J connectivity index is 4.04. The fourth-order valence-electron chi connectivity index (χ4n) is 1.47. The second-order valence-corrected chi connectivity index (χ2v) is 4.84. The van der Waals surface area contributed by atoms with Crippen molar-refractivity contribution in [2.75, 3.05) is 0 Å². The SMILES string of the molecule is CC=CC=CC(CC)CC(C)(C)C. The first-order valence-electron chi connectivity index (χ1n) is 5.29. The summed E-state index contributed by atoms with van der Waals surface area (Å²) in [7, 11) is 0. The van der Waals surface area contributed by atoms with Crippen LogP contribution in [0.4, 0.5) is 0 Å². The van der Waals surface area contributed by atoms with Crippen molar-refractivity contribution in [3.63, 3.8) is 0 Å². The van der Waals surface area contributed by atoms with Crippen molar-refractivity contribution in [3.8, 4) is 0 Å². The Morgan fingerprint density at radius 3 is 2.15 bits per heavy atom. The lowest BCUT2D eigenvalue weighted by Gasteiger charge is -2.22. The Bertz CT molecular complexity index is 167. The van der Waals surface area contributed by atoms with Gasteiger partial charge in [-0.3, -0.25) is 0 Å². The molecule has 0 spiro atoms. The molecule has 0 aromatic rings. The van der Waals surface area contributed by atoms with Crippen molar-refractivity contribution in [1.82, 2.24) is 0 Å². The third-order valence-electron chi connectivity index (χ3n) is 2.09. The van der Waals surface area contributed by atoms with E-state index in [-0.39, 0.29) is 0 Å². The van der Waals surface area contributed by atoms with Gasteiger partial charge in [-0.2, -0.15) is 0 Å². The molecule has 1 unspecified atom stereocenters. The number of hydrogen-bond donors (Lipinski definition) is 0. The van der Waals surface area contributed by atoms with Crippen molar-refractivity contribution in [3.05, 3.63) is 24.3 Å². The molecule has 0 saturated heterocycles. The van der Waals surface area contributed by atoms with Gasteiger partial charge in [0.25, 0.3) is 0 Å². The van der Waals surface area contributed by atoms with E-state index >= 15 is 0 Å². The second kappa shape index (κ2) is 6.01. The summed E-state index contributed by atoms with van der Waals surface area (Å²) in [6.07, 6.45) is 11.2. The maximum atomic E-state index is 2.32. The minimum absolute atomic E-state index is 0.445. The minimum Gasteiger partial charge on any atom is -0.0877 e. The highest BCUT2D eigenvalue weighted by molar-refractivity contribution is 5.03. The zero-order valence-corrected chi connectivity index (χ0v) is 9.80. The quantitative estimate of drug-likeness (QED) is 0.555.